The molecule has 1 aliphatic heterocycles. The minimum absolute atomic E-state index is 0.0244. The van der Waals surface area contributed by atoms with Crippen molar-refractivity contribution in [3.05, 3.63) is 46.4 Å². The lowest BCUT2D eigenvalue weighted by molar-refractivity contribution is 0.385. The highest BCUT2D eigenvalue weighted by Gasteiger charge is 2.31. The smallest absolute Gasteiger partial charge is 0.244 e. The van der Waals surface area contributed by atoms with Crippen LogP contribution in [0.2, 0.25) is 5.02 Å². The highest BCUT2D eigenvalue weighted by atomic mass is 35.5. The van der Waals surface area contributed by atoms with Gasteiger partial charge in [-0.05, 0) is 24.6 Å². The maximum Gasteiger partial charge on any atom is 0.244 e. The highest BCUT2D eigenvalue weighted by Crippen LogP contribution is 2.29. The van der Waals surface area contributed by atoms with Gasteiger partial charge in [-0.25, -0.2) is 18.4 Å². The van der Waals surface area contributed by atoms with Crippen LogP contribution in [0.25, 0.3) is 0 Å². The molecule has 9 heteroatoms. The molecule has 2 aromatic rings. The summed E-state index contributed by atoms with van der Waals surface area (Å²) in [5.41, 5.74) is 7.47. The van der Waals surface area contributed by atoms with E-state index in [0.717, 1.165) is 5.56 Å². The Hall–Kier alpha value is -2.21. The number of anilines is 1. The second kappa shape index (κ2) is 5.77. The number of hydrogen-bond acceptors (Lipinski definition) is 6. The van der Waals surface area contributed by atoms with Gasteiger partial charge in [-0.2, -0.15) is 9.57 Å². The van der Waals surface area contributed by atoms with Crippen LogP contribution in [0.4, 0.5) is 5.82 Å². The molecule has 0 radical (unpaired) electrons. The predicted octanol–water partition coefficient (Wildman–Crippen LogP) is 1.33. The normalized spacial score (nSPS) is 15.0. The van der Waals surface area contributed by atoms with E-state index >= 15 is 0 Å². The van der Waals surface area contributed by atoms with E-state index in [0.29, 0.717) is 23.5 Å². The Morgan fingerprint density at radius 3 is 2.83 bits per heavy atom. The van der Waals surface area contributed by atoms with Crippen LogP contribution in [0.3, 0.4) is 0 Å². The fourth-order valence-corrected chi connectivity index (χ4v) is 4.40. The molecule has 2 heterocycles. The molecule has 23 heavy (non-hydrogen) atoms. The predicted molar refractivity (Wildman–Crippen MR) is 83.9 cm³/mol. The number of nitriles is 1. The Kier molecular flexibility index (Phi) is 3.93. The van der Waals surface area contributed by atoms with Crippen LogP contribution >= 0.6 is 11.6 Å². The number of nitrogens with zero attached hydrogens (tertiary/aromatic N) is 4. The summed E-state index contributed by atoms with van der Waals surface area (Å²) in [6.45, 7) is 0.379. The first-order valence-corrected chi connectivity index (χ1v) is 8.53. The number of aromatic nitrogens is 2. The van der Waals surface area contributed by atoms with Crippen LogP contribution < -0.4 is 5.73 Å². The second-order valence-electron chi connectivity index (χ2n) is 5.03. The van der Waals surface area contributed by atoms with Crippen LogP contribution in [-0.4, -0.2) is 29.2 Å². The van der Waals surface area contributed by atoms with Crippen LogP contribution in [-0.2, 0) is 23.0 Å². The molecule has 1 aliphatic rings. The highest BCUT2D eigenvalue weighted by molar-refractivity contribution is 7.89. The monoisotopic (exact) mass is 349 g/mol. The Labute approximate surface area is 138 Å². The molecule has 0 unspecified atom stereocenters. The zero-order valence-corrected chi connectivity index (χ0v) is 13.5. The van der Waals surface area contributed by atoms with E-state index in [9.17, 15) is 8.42 Å². The first kappa shape index (κ1) is 15.7. The first-order chi connectivity index (χ1) is 10.9. The third-order valence-electron chi connectivity index (χ3n) is 3.68. The maximum absolute atomic E-state index is 12.8. The van der Waals surface area contributed by atoms with Gasteiger partial charge < -0.3 is 5.73 Å². The summed E-state index contributed by atoms with van der Waals surface area (Å²) < 4.78 is 26.9. The number of nitrogens with two attached hydrogens (primary N) is 1. The van der Waals surface area contributed by atoms with Gasteiger partial charge in [0.1, 0.15) is 17.0 Å². The lowest BCUT2D eigenvalue weighted by Crippen LogP contribution is -2.37. The molecule has 1 aromatic carbocycles. The quantitative estimate of drug-likeness (QED) is 0.875. The van der Waals surface area contributed by atoms with Crippen molar-refractivity contribution >= 4 is 27.4 Å². The third kappa shape index (κ3) is 2.74. The molecule has 0 spiro atoms. The average Bonchev–Trinajstić information content (AvgIpc) is 2.54. The minimum atomic E-state index is -3.78. The Morgan fingerprint density at radius 2 is 2.13 bits per heavy atom. The number of sulfonamides is 1. The van der Waals surface area contributed by atoms with Gasteiger partial charge in [0.15, 0.2) is 0 Å². The lowest BCUT2D eigenvalue weighted by atomic mass is 10.1. The van der Waals surface area contributed by atoms with Gasteiger partial charge in [0.25, 0.3) is 0 Å². The fourth-order valence-electron chi connectivity index (χ4n) is 2.48. The van der Waals surface area contributed by atoms with Gasteiger partial charge >= 0.3 is 0 Å². The Bertz CT molecular complexity index is 923. The molecule has 118 valence electrons. The van der Waals surface area contributed by atoms with Crippen LogP contribution in [0.1, 0.15) is 16.8 Å². The van der Waals surface area contributed by atoms with Crippen molar-refractivity contribution in [3.63, 3.8) is 0 Å². The minimum Gasteiger partial charge on any atom is -0.383 e. The Balaban J connectivity index is 1.97. The van der Waals surface area contributed by atoms with E-state index in [1.54, 1.807) is 0 Å². The Morgan fingerprint density at radius 1 is 1.35 bits per heavy atom. The zero-order valence-electron chi connectivity index (χ0n) is 11.9. The molecule has 0 amide bonds. The van der Waals surface area contributed by atoms with Gasteiger partial charge in [-0.15, -0.1) is 0 Å². The van der Waals surface area contributed by atoms with E-state index in [1.165, 1.54) is 28.8 Å². The van der Waals surface area contributed by atoms with Crippen molar-refractivity contribution in [3.8, 4) is 6.07 Å². The van der Waals surface area contributed by atoms with Gasteiger partial charge in [0.2, 0.25) is 10.0 Å². The first-order valence-electron chi connectivity index (χ1n) is 6.71. The van der Waals surface area contributed by atoms with E-state index < -0.39 is 10.0 Å². The average molecular weight is 350 g/mol. The van der Waals surface area contributed by atoms with Crippen molar-refractivity contribution in [2.75, 3.05) is 12.3 Å². The topological polar surface area (TPSA) is 113 Å². The van der Waals surface area contributed by atoms with Crippen LogP contribution in [0.15, 0.2) is 29.4 Å². The fraction of sp³-hybridized carbons (Fsp3) is 0.214. The van der Waals surface area contributed by atoms with Crippen molar-refractivity contribution in [2.24, 2.45) is 0 Å². The molecule has 7 nitrogen and oxygen atoms in total. The van der Waals surface area contributed by atoms with Gasteiger partial charge in [0, 0.05) is 12.1 Å². The summed E-state index contributed by atoms with van der Waals surface area (Å²) in [6, 6.07) is 6.04. The maximum atomic E-state index is 12.8. The van der Waals surface area contributed by atoms with Crippen molar-refractivity contribution in [2.45, 2.75) is 17.9 Å². The number of hydrogen-bond donors (Lipinski definition) is 1. The molecule has 0 fully saturated rings. The number of rotatable bonds is 2. The van der Waals surface area contributed by atoms with E-state index in [2.05, 4.69) is 9.97 Å². The second-order valence-corrected chi connectivity index (χ2v) is 7.34. The zero-order chi connectivity index (χ0) is 16.6. The summed E-state index contributed by atoms with van der Waals surface area (Å²) in [6.07, 6.45) is 1.76. The van der Waals surface area contributed by atoms with E-state index in [-0.39, 0.29) is 23.0 Å². The molecule has 0 bridgehead atoms. The number of benzene rings is 1. The van der Waals surface area contributed by atoms with Gasteiger partial charge in [-0.1, -0.05) is 11.6 Å². The van der Waals surface area contributed by atoms with Crippen molar-refractivity contribution in [1.29, 1.82) is 5.26 Å². The summed E-state index contributed by atoms with van der Waals surface area (Å²) in [7, 11) is -3.78. The van der Waals surface area contributed by atoms with E-state index in [4.69, 9.17) is 22.6 Å². The standard InChI is InChI=1S/C14H12ClN5O2S/c15-11-5-9(6-16)1-2-13(11)23(21,22)20-4-3-10-12(7-20)18-8-19-14(10)17/h1-2,5,8H,3-4,7H2,(H2,17,18,19). The number of nitrogen functional groups attached to an aromatic ring is 1. The molecule has 1 aromatic heterocycles. The molecule has 0 aliphatic carbocycles. The molecule has 0 saturated heterocycles. The SMILES string of the molecule is N#Cc1ccc(S(=O)(=O)N2CCc3c(N)ncnc3C2)c(Cl)c1. The summed E-state index contributed by atoms with van der Waals surface area (Å²) in [5.74, 6) is 0.378. The van der Waals surface area contributed by atoms with Crippen molar-refractivity contribution < 1.29 is 8.42 Å². The molecule has 0 atom stereocenters. The molecular weight excluding hydrogens is 338 g/mol. The van der Waals surface area contributed by atoms with Gasteiger partial charge in [0.05, 0.1) is 28.9 Å². The van der Waals surface area contributed by atoms with Crippen LogP contribution in [0, 0.1) is 11.3 Å². The summed E-state index contributed by atoms with van der Waals surface area (Å²) in [5, 5.41) is 8.87. The summed E-state index contributed by atoms with van der Waals surface area (Å²) in [4.78, 5) is 8.01. The van der Waals surface area contributed by atoms with Crippen LogP contribution in [0.5, 0.6) is 0 Å². The third-order valence-corrected chi connectivity index (χ3v) is 6.01. The van der Waals surface area contributed by atoms with Gasteiger partial charge in [-0.3, -0.25) is 0 Å². The number of fused-ring (bicyclic) bond motifs is 1. The molecular formula is C14H12ClN5O2S. The molecule has 0 saturated carbocycles. The molecule has 2 N–H and O–H groups in total. The van der Waals surface area contributed by atoms with Crippen molar-refractivity contribution in [1.82, 2.24) is 14.3 Å². The lowest BCUT2D eigenvalue weighted by Gasteiger charge is -2.27. The largest absolute Gasteiger partial charge is 0.383 e. The summed E-state index contributed by atoms with van der Waals surface area (Å²) >= 11 is 6.03. The number of halogens is 1. The molecule has 3 rings (SSSR count). The van der Waals surface area contributed by atoms with E-state index in [1.807, 2.05) is 6.07 Å².